The molecule has 0 radical (unpaired) electrons. The molecule has 1 nitrogen and oxygen atoms in total. The van der Waals surface area contributed by atoms with Gasteiger partial charge in [0, 0.05) is 0 Å². The van der Waals surface area contributed by atoms with E-state index in [4.69, 9.17) is 0 Å². The van der Waals surface area contributed by atoms with Crippen LogP contribution >= 0.6 is 11.8 Å². The molecule has 0 amide bonds. The number of hydrogen-bond donors (Lipinski definition) is 0. The first-order valence-electron chi connectivity index (χ1n) is 4.65. The van der Waals surface area contributed by atoms with E-state index in [1.165, 1.54) is 5.57 Å². The zero-order valence-corrected chi connectivity index (χ0v) is 9.14. The highest BCUT2D eigenvalue weighted by molar-refractivity contribution is 8.13. The van der Waals surface area contributed by atoms with Gasteiger partial charge in [0.1, 0.15) is 0 Å². The summed E-state index contributed by atoms with van der Waals surface area (Å²) in [5.74, 6) is 0. The molecule has 2 rings (SSSR count). The van der Waals surface area contributed by atoms with E-state index in [1.54, 1.807) is 0 Å². The zero-order valence-electron chi connectivity index (χ0n) is 8.32. The van der Waals surface area contributed by atoms with Gasteiger partial charge in [0.15, 0.2) is 0 Å². The molecular formula is C11H15NS. The van der Waals surface area contributed by atoms with Crippen LogP contribution < -0.4 is 0 Å². The Labute approximate surface area is 84.0 Å². The third kappa shape index (κ3) is 1.60. The average Bonchev–Trinajstić information content (AvgIpc) is 2.48. The fraction of sp³-hybridized carbons (Fsp3) is 0.545. The van der Waals surface area contributed by atoms with Crippen molar-refractivity contribution in [3.8, 4) is 0 Å². The molecule has 0 saturated carbocycles. The maximum atomic E-state index is 4.52. The van der Waals surface area contributed by atoms with Crippen LogP contribution in [0.5, 0.6) is 0 Å². The SMILES string of the molecule is CC(C)(C)C1=CC=CC2SC=NC12. The predicted octanol–water partition coefficient (Wildman–Crippen LogP) is 3.04. The summed E-state index contributed by atoms with van der Waals surface area (Å²) in [7, 11) is 0. The Morgan fingerprint density at radius 3 is 2.85 bits per heavy atom. The lowest BCUT2D eigenvalue weighted by Gasteiger charge is -2.30. The van der Waals surface area contributed by atoms with Gasteiger partial charge in [-0.15, -0.1) is 11.8 Å². The predicted molar refractivity (Wildman–Crippen MR) is 60.3 cm³/mol. The third-order valence-corrected chi connectivity index (χ3v) is 3.48. The van der Waals surface area contributed by atoms with Gasteiger partial charge in [0.25, 0.3) is 0 Å². The van der Waals surface area contributed by atoms with Crippen LogP contribution in [0.3, 0.4) is 0 Å². The zero-order chi connectivity index (χ0) is 9.47. The van der Waals surface area contributed by atoms with Gasteiger partial charge >= 0.3 is 0 Å². The fourth-order valence-electron chi connectivity index (χ4n) is 1.80. The molecule has 0 fully saturated rings. The molecule has 1 aliphatic heterocycles. The summed E-state index contributed by atoms with van der Waals surface area (Å²) >= 11 is 1.83. The Hall–Kier alpha value is -0.500. The number of thioether (sulfide) groups is 1. The summed E-state index contributed by atoms with van der Waals surface area (Å²) in [5.41, 5.74) is 3.70. The monoisotopic (exact) mass is 193 g/mol. The molecule has 2 atom stereocenters. The van der Waals surface area contributed by atoms with Crippen molar-refractivity contribution in [3.63, 3.8) is 0 Å². The van der Waals surface area contributed by atoms with E-state index in [-0.39, 0.29) is 5.41 Å². The number of allylic oxidation sites excluding steroid dienone is 2. The van der Waals surface area contributed by atoms with Crippen LogP contribution in [-0.2, 0) is 0 Å². The van der Waals surface area contributed by atoms with Gasteiger partial charge in [-0.3, -0.25) is 4.99 Å². The second-order valence-electron chi connectivity index (χ2n) is 4.56. The Morgan fingerprint density at radius 1 is 1.38 bits per heavy atom. The third-order valence-electron chi connectivity index (χ3n) is 2.51. The summed E-state index contributed by atoms with van der Waals surface area (Å²) in [6.07, 6.45) is 6.64. The van der Waals surface area contributed by atoms with Crippen molar-refractivity contribution in [2.24, 2.45) is 10.4 Å². The van der Waals surface area contributed by atoms with E-state index in [9.17, 15) is 0 Å². The molecular weight excluding hydrogens is 178 g/mol. The molecule has 0 saturated heterocycles. The van der Waals surface area contributed by atoms with E-state index in [0.717, 1.165) is 0 Å². The van der Waals surface area contributed by atoms with Crippen LogP contribution in [0.2, 0.25) is 0 Å². The first-order chi connectivity index (χ1) is 6.09. The van der Waals surface area contributed by atoms with Crippen LogP contribution in [0, 0.1) is 5.41 Å². The molecule has 0 aromatic rings. The van der Waals surface area contributed by atoms with Crippen molar-refractivity contribution < 1.29 is 0 Å². The highest BCUT2D eigenvalue weighted by Gasteiger charge is 2.33. The molecule has 2 aliphatic rings. The molecule has 0 spiro atoms. The number of aliphatic imine (C=N–C) groups is 1. The standard InChI is InChI=1S/C11H15NS/c1-11(2,3)8-5-4-6-9-10(8)12-7-13-9/h4-7,9-10H,1-3H3. The van der Waals surface area contributed by atoms with Crippen molar-refractivity contribution in [1.82, 2.24) is 0 Å². The second-order valence-corrected chi connectivity index (χ2v) is 5.58. The minimum atomic E-state index is 0.246. The molecule has 1 aliphatic carbocycles. The van der Waals surface area contributed by atoms with Crippen LogP contribution in [0.15, 0.2) is 28.8 Å². The van der Waals surface area contributed by atoms with Crippen molar-refractivity contribution in [1.29, 1.82) is 0 Å². The summed E-state index contributed by atoms with van der Waals surface area (Å²) in [6.45, 7) is 6.77. The second kappa shape index (κ2) is 3.02. The van der Waals surface area contributed by atoms with E-state index >= 15 is 0 Å². The first kappa shape index (κ1) is 9.07. The molecule has 2 heteroatoms. The van der Waals surface area contributed by atoms with Crippen molar-refractivity contribution in [3.05, 3.63) is 23.8 Å². The van der Waals surface area contributed by atoms with Gasteiger partial charge in [-0.1, -0.05) is 39.0 Å². The van der Waals surface area contributed by atoms with Crippen molar-refractivity contribution in [2.45, 2.75) is 32.1 Å². The lowest BCUT2D eigenvalue weighted by atomic mass is 9.79. The van der Waals surface area contributed by atoms with Gasteiger partial charge in [-0.05, 0) is 11.0 Å². The minimum Gasteiger partial charge on any atom is -0.277 e. The Morgan fingerprint density at radius 2 is 2.15 bits per heavy atom. The number of hydrogen-bond acceptors (Lipinski definition) is 2. The lowest BCUT2D eigenvalue weighted by Crippen LogP contribution is -2.28. The summed E-state index contributed by atoms with van der Waals surface area (Å²) < 4.78 is 0. The Balaban J connectivity index is 2.32. The topological polar surface area (TPSA) is 12.4 Å². The van der Waals surface area contributed by atoms with Crippen molar-refractivity contribution >= 4 is 17.3 Å². The van der Waals surface area contributed by atoms with Crippen LogP contribution in [0.4, 0.5) is 0 Å². The Bertz CT molecular complexity index is 294. The smallest absolute Gasteiger partial charge is 0.0880 e. The molecule has 0 bridgehead atoms. The number of nitrogens with zero attached hydrogens (tertiary/aromatic N) is 1. The van der Waals surface area contributed by atoms with Crippen LogP contribution in [0.25, 0.3) is 0 Å². The van der Waals surface area contributed by atoms with Gasteiger partial charge in [-0.25, -0.2) is 0 Å². The van der Waals surface area contributed by atoms with Crippen molar-refractivity contribution in [2.75, 3.05) is 0 Å². The van der Waals surface area contributed by atoms with Gasteiger partial charge in [0.2, 0.25) is 0 Å². The quantitative estimate of drug-likeness (QED) is 0.576. The normalized spacial score (nSPS) is 31.8. The Kier molecular flexibility index (Phi) is 2.11. The van der Waals surface area contributed by atoms with Gasteiger partial charge in [0.05, 0.1) is 16.8 Å². The molecule has 0 N–H and O–H groups in total. The van der Waals surface area contributed by atoms with E-state index < -0.39 is 0 Å². The van der Waals surface area contributed by atoms with Crippen LogP contribution in [0.1, 0.15) is 20.8 Å². The summed E-state index contributed by atoms with van der Waals surface area (Å²) in [5, 5.41) is 0.555. The fourth-order valence-corrected chi connectivity index (χ4v) is 2.69. The molecule has 13 heavy (non-hydrogen) atoms. The first-order valence-corrected chi connectivity index (χ1v) is 5.59. The molecule has 0 aromatic carbocycles. The highest BCUT2D eigenvalue weighted by Crippen LogP contribution is 2.39. The summed E-state index contributed by atoms with van der Waals surface area (Å²) in [6, 6.07) is 0.398. The van der Waals surface area contributed by atoms with Crippen LogP contribution in [-0.4, -0.2) is 16.8 Å². The van der Waals surface area contributed by atoms with E-state index in [0.29, 0.717) is 11.3 Å². The molecule has 2 unspecified atom stereocenters. The largest absolute Gasteiger partial charge is 0.277 e. The van der Waals surface area contributed by atoms with E-state index in [1.807, 2.05) is 17.3 Å². The molecule has 0 aromatic heterocycles. The maximum absolute atomic E-state index is 4.52. The minimum absolute atomic E-state index is 0.246. The molecule has 1 heterocycles. The number of rotatable bonds is 0. The van der Waals surface area contributed by atoms with Gasteiger partial charge < -0.3 is 0 Å². The maximum Gasteiger partial charge on any atom is 0.0880 e. The molecule has 70 valence electrons. The van der Waals surface area contributed by atoms with Gasteiger partial charge in [-0.2, -0.15) is 0 Å². The summed E-state index contributed by atoms with van der Waals surface area (Å²) in [4.78, 5) is 4.52. The average molecular weight is 193 g/mol. The lowest BCUT2D eigenvalue weighted by molar-refractivity contribution is 0.464. The van der Waals surface area contributed by atoms with E-state index in [2.05, 4.69) is 44.0 Å². The number of fused-ring (bicyclic) bond motifs is 1. The highest BCUT2D eigenvalue weighted by atomic mass is 32.2.